The summed E-state index contributed by atoms with van der Waals surface area (Å²) in [5.74, 6) is 1.10. The van der Waals surface area contributed by atoms with Crippen molar-refractivity contribution in [1.82, 2.24) is 5.43 Å². The lowest BCUT2D eigenvalue weighted by atomic mass is 10.2. The Hall–Kier alpha value is -2.74. The number of hydrogen-bond donors (Lipinski definition) is 1. The van der Waals surface area contributed by atoms with E-state index in [0.717, 1.165) is 10.0 Å². The van der Waals surface area contributed by atoms with E-state index < -0.39 is 5.91 Å². The largest absolute Gasteiger partial charge is 0.496 e. The Morgan fingerprint density at radius 1 is 1.00 bits per heavy atom. The minimum Gasteiger partial charge on any atom is -0.496 e. The quantitative estimate of drug-likeness (QED) is 0.278. The first-order valence-electron chi connectivity index (χ1n) is 9.33. The van der Waals surface area contributed by atoms with Gasteiger partial charge in [0.25, 0.3) is 5.91 Å². The fraction of sp³-hybridized carbons (Fsp3) is 0.130. The molecule has 0 aliphatic rings. The number of halogens is 3. The molecule has 0 bridgehead atoms. The summed E-state index contributed by atoms with van der Waals surface area (Å²) in [5.41, 5.74) is 4.34. The van der Waals surface area contributed by atoms with Crippen molar-refractivity contribution >= 4 is 51.3 Å². The molecular formula is C23H19BrCl2N2O4. The monoisotopic (exact) mass is 536 g/mol. The third-order valence-electron chi connectivity index (χ3n) is 4.37. The zero-order valence-corrected chi connectivity index (χ0v) is 20.3. The fourth-order valence-electron chi connectivity index (χ4n) is 2.76. The van der Waals surface area contributed by atoms with Crippen molar-refractivity contribution in [2.45, 2.75) is 6.61 Å². The molecule has 0 aromatic heterocycles. The normalized spacial score (nSPS) is 10.8. The van der Waals surface area contributed by atoms with Crippen LogP contribution in [0, 0.1) is 0 Å². The van der Waals surface area contributed by atoms with Crippen LogP contribution in [0.5, 0.6) is 17.2 Å². The maximum Gasteiger partial charge on any atom is 0.275 e. The highest BCUT2D eigenvalue weighted by Gasteiger charge is 2.12. The van der Waals surface area contributed by atoms with Crippen LogP contribution in [0.2, 0.25) is 10.0 Å². The first kappa shape index (κ1) is 23.9. The topological polar surface area (TPSA) is 69.2 Å². The van der Waals surface area contributed by atoms with E-state index >= 15 is 0 Å². The average molecular weight is 538 g/mol. The van der Waals surface area contributed by atoms with Gasteiger partial charge in [-0.3, -0.25) is 4.79 Å². The fourth-order valence-corrected chi connectivity index (χ4v) is 3.59. The number of benzene rings is 3. The Kier molecular flexibility index (Phi) is 8.39. The lowest BCUT2D eigenvalue weighted by Gasteiger charge is -2.12. The Labute approximate surface area is 204 Å². The van der Waals surface area contributed by atoms with Gasteiger partial charge in [0, 0.05) is 20.1 Å². The number of nitrogens with zero attached hydrogens (tertiary/aromatic N) is 1. The molecule has 0 fully saturated rings. The maximum absolute atomic E-state index is 12.5. The number of amides is 1. The van der Waals surface area contributed by atoms with E-state index in [-0.39, 0.29) is 6.61 Å². The number of methoxy groups -OCH3 is 2. The Morgan fingerprint density at radius 2 is 1.75 bits per heavy atom. The second-order valence-electron chi connectivity index (χ2n) is 6.48. The maximum atomic E-state index is 12.5. The predicted molar refractivity (Wildman–Crippen MR) is 130 cm³/mol. The van der Waals surface area contributed by atoms with Gasteiger partial charge in [0.1, 0.15) is 12.4 Å². The van der Waals surface area contributed by atoms with Crippen molar-refractivity contribution < 1.29 is 19.0 Å². The number of rotatable bonds is 8. The Bertz CT molecular complexity index is 1150. The van der Waals surface area contributed by atoms with E-state index in [1.807, 2.05) is 0 Å². The summed E-state index contributed by atoms with van der Waals surface area (Å²) in [4.78, 5) is 12.5. The lowest BCUT2D eigenvalue weighted by Crippen LogP contribution is -2.18. The third kappa shape index (κ3) is 6.16. The molecule has 0 aliphatic heterocycles. The molecule has 6 nitrogen and oxygen atoms in total. The molecule has 32 heavy (non-hydrogen) atoms. The van der Waals surface area contributed by atoms with Crippen LogP contribution < -0.4 is 19.6 Å². The van der Waals surface area contributed by atoms with Crippen LogP contribution >= 0.6 is 39.1 Å². The van der Waals surface area contributed by atoms with Crippen LogP contribution in [-0.4, -0.2) is 26.3 Å². The van der Waals surface area contributed by atoms with Gasteiger partial charge >= 0.3 is 0 Å². The Balaban J connectivity index is 1.71. The van der Waals surface area contributed by atoms with E-state index in [4.69, 9.17) is 37.4 Å². The molecule has 0 radical (unpaired) electrons. The minimum atomic E-state index is -0.401. The van der Waals surface area contributed by atoms with Crippen LogP contribution in [0.15, 0.2) is 64.2 Å². The molecule has 0 heterocycles. The van der Waals surface area contributed by atoms with E-state index in [2.05, 4.69) is 26.5 Å². The first-order valence-corrected chi connectivity index (χ1v) is 10.9. The van der Waals surface area contributed by atoms with Crippen molar-refractivity contribution in [2.24, 2.45) is 5.10 Å². The molecule has 0 saturated carbocycles. The Morgan fingerprint density at radius 3 is 2.47 bits per heavy atom. The van der Waals surface area contributed by atoms with Crippen molar-refractivity contribution in [1.29, 1.82) is 0 Å². The molecule has 1 N–H and O–H groups in total. The molecule has 0 spiro atoms. The smallest absolute Gasteiger partial charge is 0.275 e. The van der Waals surface area contributed by atoms with E-state index in [0.29, 0.717) is 38.4 Å². The van der Waals surface area contributed by atoms with Crippen LogP contribution in [-0.2, 0) is 6.61 Å². The first-order chi connectivity index (χ1) is 15.4. The van der Waals surface area contributed by atoms with Gasteiger partial charge in [-0.1, -0.05) is 45.2 Å². The molecule has 0 unspecified atom stereocenters. The highest BCUT2D eigenvalue weighted by molar-refractivity contribution is 9.10. The van der Waals surface area contributed by atoms with Gasteiger partial charge in [-0.25, -0.2) is 5.43 Å². The van der Waals surface area contributed by atoms with Crippen LogP contribution in [0.3, 0.4) is 0 Å². The molecule has 0 atom stereocenters. The van der Waals surface area contributed by atoms with Crippen molar-refractivity contribution in [3.05, 3.63) is 85.8 Å². The van der Waals surface area contributed by atoms with Gasteiger partial charge < -0.3 is 14.2 Å². The summed E-state index contributed by atoms with van der Waals surface area (Å²) >= 11 is 15.5. The number of nitrogens with one attached hydrogen (secondary N) is 1. The highest BCUT2D eigenvalue weighted by atomic mass is 79.9. The SMILES string of the molecule is COc1ccc(/C=N\NC(=O)c2cc(Br)ccc2OC)cc1OCc1ccc(Cl)cc1Cl. The van der Waals surface area contributed by atoms with Crippen molar-refractivity contribution in [3.8, 4) is 17.2 Å². The zero-order chi connectivity index (χ0) is 23.1. The summed E-state index contributed by atoms with van der Waals surface area (Å²) < 4.78 is 17.2. The highest BCUT2D eigenvalue weighted by Crippen LogP contribution is 2.30. The summed E-state index contributed by atoms with van der Waals surface area (Å²) in [6, 6.07) is 15.6. The molecule has 9 heteroatoms. The second-order valence-corrected chi connectivity index (χ2v) is 8.24. The van der Waals surface area contributed by atoms with Crippen LogP contribution in [0.1, 0.15) is 21.5 Å². The zero-order valence-electron chi connectivity index (χ0n) is 17.2. The minimum absolute atomic E-state index is 0.229. The molecular weight excluding hydrogens is 519 g/mol. The number of ether oxygens (including phenoxy) is 3. The predicted octanol–water partition coefficient (Wildman–Crippen LogP) is 6.12. The van der Waals surface area contributed by atoms with Gasteiger partial charge in [0.15, 0.2) is 11.5 Å². The average Bonchev–Trinajstić information content (AvgIpc) is 2.78. The summed E-state index contributed by atoms with van der Waals surface area (Å²) in [5, 5.41) is 5.10. The van der Waals surface area contributed by atoms with Gasteiger partial charge in [-0.05, 0) is 54.1 Å². The molecule has 1 amide bonds. The van der Waals surface area contributed by atoms with Crippen LogP contribution in [0.25, 0.3) is 0 Å². The van der Waals surface area contributed by atoms with Gasteiger partial charge in [-0.2, -0.15) is 5.10 Å². The molecule has 166 valence electrons. The van der Waals surface area contributed by atoms with E-state index in [1.165, 1.54) is 13.3 Å². The van der Waals surface area contributed by atoms with Gasteiger partial charge in [0.05, 0.1) is 26.0 Å². The third-order valence-corrected chi connectivity index (χ3v) is 5.45. The number of carbonyl (C=O) groups is 1. The summed E-state index contributed by atoms with van der Waals surface area (Å²) in [6.45, 7) is 0.229. The van der Waals surface area contributed by atoms with Gasteiger partial charge in [-0.15, -0.1) is 0 Å². The molecule has 3 aromatic carbocycles. The number of hydrazone groups is 1. The summed E-state index contributed by atoms with van der Waals surface area (Å²) in [6.07, 6.45) is 1.50. The van der Waals surface area contributed by atoms with Crippen LogP contribution in [0.4, 0.5) is 0 Å². The number of hydrogen-bond acceptors (Lipinski definition) is 5. The van der Waals surface area contributed by atoms with Crippen molar-refractivity contribution in [2.75, 3.05) is 14.2 Å². The molecule has 3 aromatic rings. The summed E-state index contributed by atoms with van der Waals surface area (Å²) in [7, 11) is 3.05. The lowest BCUT2D eigenvalue weighted by molar-refractivity contribution is 0.0952. The van der Waals surface area contributed by atoms with E-state index in [1.54, 1.807) is 61.7 Å². The van der Waals surface area contributed by atoms with E-state index in [9.17, 15) is 4.79 Å². The molecule has 0 saturated heterocycles. The van der Waals surface area contributed by atoms with Crippen molar-refractivity contribution in [3.63, 3.8) is 0 Å². The number of carbonyl (C=O) groups excluding carboxylic acids is 1. The van der Waals surface area contributed by atoms with Gasteiger partial charge in [0.2, 0.25) is 0 Å². The molecule has 0 aliphatic carbocycles. The second kappa shape index (κ2) is 11.2. The molecule has 3 rings (SSSR count). The standard InChI is InChI=1S/C23H19BrCl2N2O4/c1-30-20-8-5-16(24)10-18(20)23(29)28-27-12-14-3-7-21(31-2)22(9-14)32-13-15-4-6-17(25)11-19(15)26/h3-12H,13H2,1-2H3,(H,28,29)/b27-12-.